The van der Waals surface area contributed by atoms with Gasteiger partial charge in [-0.05, 0) is 31.0 Å². The van der Waals surface area contributed by atoms with Gasteiger partial charge in [-0.15, -0.1) is 0 Å². The van der Waals surface area contributed by atoms with E-state index in [1.165, 1.54) is 39.3 Å². The van der Waals surface area contributed by atoms with Gasteiger partial charge in [0.25, 0.3) is 5.56 Å². The Hall–Kier alpha value is -3.75. The van der Waals surface area contributed by atoms with E-state index in [1.807, 2.05) is 0 Å². The van der Waals surface area contributed by atoms with Crippen LogP contribution in [0.2, 0.25) is 0 Å². The molecule has 1 fully saturated rings. The van der Waals surface area contributed by atoms with Crippen LogP contribution < -0.4 is 16.0 Å². The van der Waals surface area contributed by atoms with Crippen molar-refractivity contribution in [2.75, 3.05) is 7.11 Å². The molecule has 0 N–H and O–H groups in total. The highest BCUT2D eigenvalue weighted by atomic mass is 19.1. The predicted molar refractivity (Wildman–Crippen MR) is 119 cm³/mol. The maximum absolute atomic E-state index is 14.3. The molecule has 2 aromatic heterocycles. The fourth-order valence-corrected chi connectivity index (χ4v) is 4.62. The van der Waals surface area contributed by atoms with Crippen molar-refractivity contribution < 1.29 is 13.5 Å². The molecule has 0 unspecified atom stereocenters. The van der Waals surface area contributed by atoms with Crippen molar-refractivity contribution in [1.29, 1.82) is 0 Å². The molecule has 1 saturated carbocycles. The summed E-state index contributed by atoms with van der Waals surface area (Å²) in [4.78, 5) is 31.6. The number of imidazole rings is 1. The Bertz CT molecular complexity index is 1470. The molecule has 0 saturated heterocycles. The van der Waals surface area contributed by atoms with Crippen molar-refractivity contribution in [1.82, 2.24) is 18.7 Å². The topological polar surface area (TPSA) is 71.1 Å². The zero-order valence-electron chi connectivity index (χ0n) is 18.0. The first-order valence-corrected chi connectivity index (χ1v) is 10.8. The van der Waals surface area contributed by atoms with E-state index < -0.39 is 22.9 Å². The van der Waals surface area contributed by atoms with E-state index in [0.29, 0.717) is 11.4 Å². The summed E-state index contributed by atoms with van der Waals surface area (Å²) >= 11 is 0. The van der Waals surface area contributed by atoms with Gasteiger partial charge >= 0.3 is 5.69 Å². The molecular formula is C24H22F2N4O3. The SMILES string of the molecule is COc1ccccc1-n1c(=O)n(C2CCCC2)c(=O)c2c1ncn2Cc1ccc(F)cc1F. The number of ether oxygens (including phenoxy) is 1. The number of hydrogen-bond donors (Lipinski definition) is 0. The Morgan fingerprint density at radius 2 is 1.85 bits per heavy atom. The third-order valence-electron chi connectivity index (χ3n) is 6.22. The van der Waals surface area contributed by atoms with Crippen LogP contribution in [-0.4, -0.2) is 25.8 Å². The van der Waals surface area contributed by atoms with Crippen LogP contribution in [0.4, 0.5) is 8.78 Å². The van der Waals surface area contributed by atoms with Gasteiger partial charge in [0.2, 0.25) is 0 Å². The molecule has 7 nitrogen and oxygen atoms in total. The number of aromatic nitrogens is 4. The summed E-state index contributed by atoms with van der Waals surface area (Å²) in [5, 5.41) is 0. The van der Waals surface area contributed by atoms with Crippen molar-refractivity contribution in [3.05, 3.63) is 86.8 Å². The lowest BCUT2D eigenvalue weighted by molar-refractivity contribution is 0.411. The van der Waals surface area contributed by atoms with E-state index in [9.17, 15) is 18.4 Å². The van der Waals surface area contributed by atoms with Crippen LogP contribution in [0.25, 0.3) is 16.9 Å². The van der Waals surface area contributed by atoms with Crippen LogP contribution in [0, 0.1) is 11.6 Å². The molecule has 4 aromatic rings. The van der Waals surface area contributed by atoms with E-state index in [-0.39, 0.29) is 29.3 Å². The average Bonchev–Trinajstić information content (AvgIpc) is 3.47. The van der Waals surface area contributed by atoms with Gasteiger partial charge < -0.3 is 9.30 Å². The van der Waals surface area contributed by atoms with Crippen LogP contribution in [0.5, 0.6) is 5.75 Å². The minimum Gasteiger partial charge on any atom is -0.495 e. The van der Waals surface area contributed by atoms with Gasteiger partial charge in [0.15, 0.2) is 11.2 Å². The van der Waals surface area contributed by atoms with E-state index in [2.05, 4.69) is 4.98 Å². The van der Waals surface area contributed by atoms with Gasteiger partial charge in [0, 0.05) is 17.7 Å². The molecule has 0 bridgehead atoms. The zero-order chi connectivity index (χ0) is 23.1. The largest absolute Gasteiger partial charge is 0.495 e. The van der Waals surface area contributed by atoms with Gasteiger partial charge in [0.05, 0.1) is 25.7 Å². The Balaban J connectivity index is 1.80. The molecule has 0 spiro atoms. The highest BCUT2D eigenvalue weighted by molar-refractivity contribution is 5.73. The van der Waals surface area contributed by atoms with Crippen molar-refractivity contribution in [2.45, 2.75) is 38.3 Å². The number of halogens is 2. The van der Waals surface area contributed by atoms with Crippen LogP contribution in [0.15, 0.2) is 58.4 Å². The second-order valence-corrected chi connectivity index (χ2v) is 8.18. The molecule has 33 heavy (non-hydrogen) atoms. The second-order valence-electron chi connectivity index (χ2n) is 8.18. The van der Waals surface area contributed by atoms with Crippen molar-refractivity contribution in [3.63, 3.8) is 0 Å². The van der Waals surface area contributed by atoms with Gasteiger partial charge in [-0.25, -0.2) is 23.1 Å². The number of fused-ring (bicyclic) bond motifs is 1. The van der Waals surface area contributed by atoms with Gasteiger partial charge in [-0.1, -0.05) is 31.0 Å². The molecule has 2 aromatic carbocycles. The van der Waals surface area contributed by atoms with Crippen molar-refractivity contribution in [2.24, 2.45) is 0 Å². The zero-order valence-corrected chi connectivity index (χ0v) is 18.0. The molecule has 0 aliphatic heterocycles. The summed E-state index contributed by atoms with van der Waals surface area (Å²) in [6.07, 6.45) is 4.73. The van der Waals surface area contributed by atoms with Gasteiger partial charge in [-0.3, -0.25) is 9.36 Å². The Morgan fingerprint density at radius 3 is 2.58 bits per heavy atom. The van der Waals surface area contributed by atoms with E-state index in [1.54, 1.807) is 24.3 Å². The monoisotopic (exact) mass is 452 g/mol. The van der Waals surface area contributed by atoms with Crippen molar-refractivity contribution >= 4 is 11.2 Å². The summed E-state index contributed by atoms with van der Waals surface area (Å²) in [6, 6.07) is 10.1. The standard InChI is InChI=1S/C24H22F2N4O3/c1-33-20-9-5-4-8-19(20)30-22-21(23(31)29(24(30)32)17-6-2-3-7-17)28(14-27-22)13-15-10-11-16(25)12-18(15)26/h4-5,8-12,14,17H,2-3,6-7,13H2,1H3. The molecule has 9 heteroatoms. The van der Waals surface area contributed by atoms with Gasteiger partial charge in [0.1, 0.15) is 17.4 Å². The minimum absolute atomic E-state index is 0.0351. The third-order valence-corrected chi connectivity index (χ3v) is 6.22. The van der Waals surface area contributed by atoms with Crippen LogP contribution in [0.3, 0.4) is 0 Å². The van der Waals surface area contributed by atoms with Crippen LogP contribution in [-0.2, 0) is 6.54 Å². The van der Waals surface area contributed by atoms with Crippen LogP contribution in [0.1, 0.15) is 37.3 Å². The first-order chi connectivity index (χ1) is 16.0. The highest BCUT2D eigenvalue weighted by Crippen LogP contribution is 2.29. The Kier molecular flexibility index (Phi) is 5.32. The number of methoxy groups -OCH3 is 1. The third kappa shape index (κ3) is 3.53. The molecule has 170 valence electrons. The normalized spacial score (nSPS) is 14.3. The average molecular weight is 452 g/mol. The first-order valence-electron chi connectivity index (χ1n) is 10.8. The molecule has 2 heterocycles. The molecule has 5 rings (SSSR count). The van der Waals surface area contributed by atoms with Crippen LogP contribution >= 0.6 is 0 Å². The number of hydrogen-bond acceptors (Lipinski definition) is 4. The predicted octanol–water partition coefficient (Wildman–Crippen LogP) is 3.80. The fourth-order valence-electron chi connectivity index (χ4n) is 4.62. The number of nitrogens with zero attached hydrogens (tertiary/aromatic N) is 4. The second kappa shape index (κ2) is 8.31. The number of rotatable bonds is 5. The summed E-state index contributed by atoms with van der Waals surface area (Å²) in [5.41, 5.74) is 0.0510. The van der Waals surface area contributed by atoms with E-state index in [4.69, 9.17) is 4.74 Å². The molecule has 0 amide bonds. The molecule has 0 radical (unpaired) electrons. The maximum Gasteiger partial charge on any atom is 0.337 e. The lowest BCUT2D eigenvalue weighted by Gasteiger charge is -2.18. The maximum atomic E-state index is 14.3. The quantitative estimate of drug-likeness (QED) is 0.462. The lowest BCUT2D eigenvalue weighted by atomic mass is 10.2. The van der Waals surface area contributed by atoms with E-state index in [0.717, 1.165) is 31.7 Å². The summed E-state index contributed by atoms with van der Waals surface area (Å²) in [6.45, 7) is -0.0351. The molecule has 1 aliphatic carbocycles. The molecule has 1 aliphatic rings. The minimum atomic E-state index is -0.717. The summed E-state index contributed by atoms with van der Waals surface area (Å²) < 4.78 is 37.3. The number of para-hydroxylation sites is 2. The number of benzene rings is 2. The Labute approximate surface area is 187 Å². The smallest absolute Gasteiger partial charge is 0.337 e. The fraction of sp³-hybridized carbons (Fsp3) is 0.292. The lowest BCUT2D eigenvalue weighted by Crippen LogP contribution is -2.42. The summed E-state index contributed by atoms with van der Waals surface area (Å²) in [5.74, 6) is -0.942. The Morgan fingerprint density at radius 1 is 1.09 bits per heavy atom. The van der Waals surface area contributed by atoms with Gasteiger partial charge in [-0.2, -0.15) is 0 Å². The molecule has 0 atom stereocenters. The first kappa shape index (κ1) is 21.1. The van der Waals surface area contributed by atoms with E-state index >= 15 is 0 Å². The summed E-state index contributed by atoms with van der Waals surface area (Å²) in [7, 11) is 1.50. The van der Waals surface area contributed by atoms with Crippen molar-refractivity contribution in [3.8, 4) is 11.4 Å². The molecular weight excluding hydrogens is 430 g/mol. The highest BCUT2D eigenvalue weighted by Gasteiger charge is 2.27.